The maximum absolute atomic E-state index is 12.6. The number of rotatable bonds is 4. The lowest BCUT2D eigenvalue weighted by atomic mass is 10.00. The molecule has 2 heterocycles. The third-order valence-electron chi connectivity index (χ3n) is 4.89. The third-order valence-corrected chi connectivity index (χ3v) is 4.89. The van der Waals surface area contributed by atoms with E-state index in [4.69, 9.17) is 0 Å². The van der Waals surface area contributed by atoms with Crippen LogP contribution < -0.4 is 0 Å². The Morgan fingerprint density at radius 1 is 1.28 bits per heavy atom. The van der Waals surface area contributed by atoms with Crippen molar-refractivity contribution in [3.05, 3.63) is 39.4 Å². The molecule has 3 rings (SSSR count). The van der Waals surface area contributed by atoms with E-state index >= 15 is 0 Å². The van der Waals surface area contributed by atoms with Gasteiger partial charge in [0.25, 0.3) is 17.5 Å². The molecule has 0 bridgehead atoms. The summed E-state index contributed by atoms with van der Waals surface area (Å²) in [6.45, 7) is 2.24. The van der Waals surface area contributed by atoms with Crippen LogP contribution >= 0.6 is 0 Å². The first-order valence-corrected chi connectivity index (χ1v) is 8.38. The molecule has 0 N–H and O–H groups in total. The Morgan fingerprint density at radius 3 is 2.72 bits per heavy atom. The van der Waals surface area contributed by atoms with E-state index in [9.17, 15) is 24.5 Å². The van der Waals surface area contributed by atoms with E-state index in [1.165, 1.54) is 18.2 Å². The molecule has 1 aromatic carbocycles. The number of imide groups is 1. The maximum atomic E-state index is 12.6. The van der Waals surface area contributed by atoms with Crippen molar-refractivity contribution in [2.24, 2.45) is 0 Å². The SMILES string of the molecule is CCC1CCCCN1C(=O)CN1C(=O)c2cccc([N+](=O)[O-])c2C1=O. The number of nitrogens with zero attached hydrogens (tertiary/aromatic N) is 3. The summed E-state index contributed by atoms with van der Waals surface area (Å²) in [5, 5.41) is 11.1. The number of amides is 3. The Balaban J connectivity index is 1.84. The van der Waals surface area contributed by atoms with E-state index in [2.05, 4.69) is 0 Å². The van der Waals surface area contributed by atoms with E-state index in [1.807, 2.05) is 6.92 Å². The average molecular weight is 345 g/mol. The molecule has 0 spiro atoms. The van der Waals surface area contributed by atoms with Crippen LogP contribution in [0.1, 0.15) is 53.3 Å². The molecule has 0 aromatic heterocycles. The van der Waals surface area contributed by atoms with Crippen LogP contribution in [0.25, 0.3) is 0 Å². The number of benzene rings is 1. The standard InChI is InChI=1S/C17H19N3O5/c1-2-11-6-3-4-9-18(11)14(21)10-19-16(22)12-7-5-8-13(20(24)25)15(12)17(19)23/h5,7-8,11H,2-4,6,9-10H2,1H3. The molecular weight excluding hydrogens is 326 g/mol. The van der Waals surface area contributed by atoms with Gasteiger partial charge in [0.15, 0.2) is 0 Å². The van der Waals surface area contributed by atoms with Gasteiger partial charge in [-0.05, 0) is 31.7 Å². The van der Waals surface area contributed by atoms with Crippen LogP contribution in [0, 0.1) is 10.1 Å². The fourth-order valence-electron chi connectivity index (χ4n) is 3.59. The van der Waals surface area contributed by atoms with Crippen LogP contribution in [-0.2, 0) is 4.79 Å². The van der Waals surface area contributed by atoms with Gasteiger partial charge in [-0.3, -0.25) is 29.4 Å². The average Bonchev–Trinajstić information content (AvgIpc) is 2.86. The minimum absolute atomic E-state index is 0.0160. The van der Waals surface area contributed by atoms with Crippen LogP contribution in [0.2, 0.25) is 0 Å². The number of hydrogen-bond donors (Lipinski definition) is 0. The first-order chi connectivity index (χ1) is 12.0. The molecule has 1 aromatic rings. The Hall–Kier alpha value is -2.77. The zero-order chi connectivity index (χ0) is 18.1. The van der Waals surface area contributed by atoms with Crippen molar-refractivity contribution < 1.29 is 19.3 Å². The lowest BCUT2D eigenvalue weighted by Gasteiger charge is -2.36. The zero-order valence-corrected chi connectivity index (χ0v) is 13.9. The van der Waals surface area contributed by atoms with Crippen molar-refractivity contribution in [1.29, 1.82) is 0 Å². The molecule has 2 aliphatic rings. The molecule has 1 fully saturated rings. The molecule has 8 nitrogen and oxygen atoms in total. The molecule has 2 aliphatic heterocycles. The van der Waals surface area contributed by atoms with Gasteiger partial charge in [0.05, 0.1) is 10.5 Å². The van der Waals surface area contributed by atoms with Gasteiger partial charge < -0.3 is 4.90 Å². The summed E-state index contributed by atoms with van der Waals surface area (Å²) in [5.41, 5.74) is -0.649. The summed E-state index contributed by atoms with van der Waals surface area (Å²) in [6.07, 6.45) is 3.69. The molecule has 1 atom stereocenters. The second-order valence-electron chi connectivity index (χ2n) is 6.30. The van der Waals surface area contributed by atoms with Crippen LogP contribution in [0.3, 0.4) is 0 Å². The van der Waals surface area contributed by atoms with Crippen molar-refractivity contribution in [1.82, 2.24) is 9.80 Å². The Labute approximate surface area is 144 Å². The highest BCUT2D eigenvalue weighted by atomic mass is 16.6. The fraction of sp³-hybridized carbons (Fsp3) is 0.471. The Kier molecular flexibility index (Phi) is 4.52. The number of nitro benzene ring substituents is 1. The lowest BCUT2D eigenvalue weighted by molar-refractivity contribution is -0.385. The highest BCUT2D eigenvalue weighted by Gasteiger charge is 2.42. The van der Waals surface area contributed by atoms with Gasteiger partial charge in [-0.25, -0.2) is 0 Å². The van der Waals surface area contributed by atoms with Crippen LogP contribution in [0.15, 0.2) is 18.2 Å². The number of piperidine rings is 1. The first kappa shape index (κ1) is 17.1. The molecular formula is C17H19N3O5. The van der Waals surface area contributed by atoms with Gasteiger partial charge >= 0.3 is 0 Å². The lowest BCUT2D eigenvalue weighted by Crippen LogP contribution is -2.48. The van der Waals surface area contributed by atoms with E-state index in [1.54, 1.807) is 4.90 Å². The fourth-order valence-corrected chi connectivity index (χ4v) is 3.59. The second-order valence-corrected chi connectivity index (χ2v) is 6.30. The molecule has 1 unspecified atom stereocenters. The largest absolute Gasteiger partial charge is 0.338 e. The zero-order valence-electron chi connectivity index (χ0n) is 13.9. The van der Waals surface area contributed by atoms with Crippen LogP contribution in [-0.4, -0.2) is 51.6 Å². The Bertz CT molecular complexity index is 761. The molecule has 8 heteroatoms. The Morgan fingerprint density at radius 2 is 2.04 bits per heavy atom. The minimum atomic E-state index is -0.772. The van der Waals surface area contributed by atoms with Gasteiger partial charge in [0.1, 0.15) is 12.1 Å². The maximum Gasteiger partial charge on any atom is 0.282 e. The quantitative estimate of drug-likeness (QED) is 0.472. The highest BCUT2D eigenvalue weighted by Crippen LogP contribution is 2.31. The molecule has 0 aliphatic carbocycles. The number of fused-ring (bicyclic) bond motifs is 1. The number of nitro groups is 1. The van der Waals surface area contributed by atoms with Gasteiger partial charge in [-0.2, -0.15) is 0 Å². The molecule has 1 saturated heterocycles. The van der Waals surface area contributed by atoms with Crippen molar-refractivity contribution in [2.45, 2.75) is 38.6 Å². The van der Waals surface area contributed by atoms with Gasteiger partial charge in [-0.15, -0.1) is 0 Å². The number of likely N-dealkylation sites (tertiary alicyclic amines) is 1. The number of carbonyl (C=O) groups excluding carboxylic acids is 3. The summed E-state index contributed by atoms with van der Waals surface area (Å²) < 4.78 is 0. The van der Waals surface area contributed by atoms with Crippen molar-refractivity contribution in [2.75, 3.05) is 13.1 Å². The molecule has 25 heavy (non-hydrogen) atoms. The van der Waals surface area contributed by atoms with E-state index < -0.39 is 22.4 Å². The van der Waals surface area contributed by atoms with E-state index in [-0.39, 0.29) is 29.6 Å². The molecule has 132 valence electrons. The minimum Gasteiger partial charge on any atom is -0.338 e. The van der Waals surface area contributed by atoms with Crippen molar-refractivity contribution >= 4 is 23.4 Å². The smallest absolute Gasteiger partial charge is 0.282 e. The number of hydrogen-bond acceptors (Lipinski definition) is 5. The van der Waals surface area contributed by atoms with Crippen LogP contribution in [0.5, 0.6) is 0 Å². The first-order valence-electron chi connectivity index (χ1n) is 8.38. The summed E-state index contributed by atoms with van der Waals surface area (Å²) in [4.78, 5) is 50.6. The summed E-state index contributed by atoms with van der Waals surface area (Å²) in [7, 11) is 0. The normalized spacial score (nSPS) is 20.0. The monoisotopic (exact) mass is 345 g/mol. The molecule has 3 amide bonds. The molecule has 0 saturated carbocycles. The van der Waals surface area contributed by atoms with Crippen LogP contribution in [0.4, 0.5) is 5.69 Å². The third kappa shape index (κ3) is 2.88. The summed E-state index contributed by atoms with van der Waals surface area (Å²) >= 11 is 0. The highest BCUT2D eigenvalue weighted by molar-refractivity contribution is 6.24. The predicted molar refractivity (Wildman–Crippen MR) is 88.1 cm³/mol. The number of carbonyl (C=O) groups is 3. The summed E-state index contributed by atoms with van der Waals surface area (Å²) in [6, 6.07) is 4.05. The van der Waals surface area contributed by atoms with E-state index in [0.29, 0.717) is 6.54 Å². The van der Waals surface area contributed by atoms with E-state index in [0.717, 1.165) is 30.6 Å². The van der Waals surface area contributed by atoms with Crippen molar-refractivity contribution in [3.63, 3.8) is 0 Å². The summed E-state index contributed by atoms with van der Waals surface area (Å²) in [5.74, 6) is -1.71. The second kappa shape index (κ2) is 6.62. The molecule has 0 radical (unpaired) electrons. The predicted octanol–water partition coefficient (Wildman–Crippen LogP) is 1.98. The van der Waals surface area contributed by atoms with Gasteiger partial charge in [0.2, 0.25) is 5.91 Å². The topological polar surface area (TPSA) is 101 Å². The van der Waals surface area contributed by atoms with Crippen molar-refractivity contribution in [3.8, 4) is 0 Å². The van der Waals surface area contributed by atoms with Gasteiger partial charge in [0, 0.05) is 18.7 Å². The van der Waals surface area contributed by atoms with Gasteiger partial charge in [-0.1, -0.05) is 13.0 Å².